The lowest BCUT2D eigenvalue weighted by molar-refractivity contribution is -0.105. The normalized spacial score (nSPS) is 16.0. The Morgan fingerprint density at radius 1 is 1.41 bits per heavy atom. The molecule has 0 bridgehead atoms. The molecule has 1 aliphatic rings. The molecule has 4 nitrogen and oxygen atoms in total. The molecule has 2 N–H and O–H groups in total. The summed E-state index contributed by atoms with van der Waals surface area (Å²) in [5, 5.41) is 0.411. The highest BCUT2D eigenvalue weighted by molar-refractivity contribution is 6.37. The van der Waals surface area contributed by atoms with E-state index in [1.54, 1.807) is 14.2 Å². The summed E-state index contributed by atoms with van der Waals surface area (Å²) >= 11 is 6.36. The number of aliphatic imine (C=N–C) groups is 1. The number of para-hydroxylation sites is 1. The van der Waals surface area contributed by atoms with Crippen LogP contribution in [0.1, 0.15) is 18.4 Å². The first-order chi connectivity index (χ1) is 10.6. The van der Waals surface area contributed by atoms with Gasteiger partial charge < -0.3 is 10.5 Å². The van der Waals surface area contributed by atoms with Crippen molar-refractivity contribution in [2.24, 2.45) is 10.7 Å². The van der Waals surface area contributed by atoms with Crippen LogP contribution in [0, 0.1) is 0 Å². The molecule has 0 fully saturated rings. The summed E-state index contributed by atoms with van der Waals surface area (Å²) in [7, 11) is 3.33. The minimum absolute atomic E-state index is 0.411. The second kappa shape index (κ2) is 7.27. The Hall–Kier alpha value is -2.07. The monoisotopic (exact) mass is 318 g/mol. The van der Waals surface area contributed by atoms with Crippen LogP contribution in [-0.2, 0) is 11.2 Å². The van der Waals surface area contributed by atoms with Crippen molar-refractivity contribution < 1.29 is 9.53 Å². The topological polar surface area (TPSA) is 64.7 Å². The summed E-state index contributed by atoms with van der Waals surface area (Å²) in [4.78, 5) is 15.5. The molecule has 1 aromatic rings. The molecule has 0 atom stereocenters. The molecule has 1 aliphatic carbocycles. The van der Waals surface area contributed by atoms with Crippen LogP contribution in [0.3, 0.4) is 0 Å². The Labute approximate surface area is 135 Å². The summed E-state index contributed by atoms with van der Waals surface area (Å²) in [5.41, 5.74) is 9.80. The standard InChI is InChI=1S/C17H19ClN2O2/c1-20-14(9-11-5-3-4-6-15(11)22-2)16-13(19)8-7-12(10-21)17(16)18/h3-6,10H,7-9,19H2,1-2H3. The second-order valence-corrected chi connectivity index (χ2v) is 5.39. The predicted molar refractivity (Wildman–Crippen MR) is 89.4 cm³/mol. The quantitative estimate of drug-likeness (QED) is 0.670. The first-order valence-electron chi connectivity index (χ1n) is 7.03. The van der Waals surface area contributed by atoms with Gasteiger partial charge in [0.1, 0.15) is 12.0 Å². The van der Waals surface area contributed by atoms with Gasteiger partial charge in [0, 0.05) is 41.6 Å². The van der Waals surface area contributed by atoms with Crippen molar-refractivity contribution in [3.8, 4) is 5.75 Å². The highest BCUT2D eigenvalue weighted by Crippen LogP contribution is 2.32. The average molecular weight is 319 g/mol. The van der Waals surface area contributed by atoms with Crippen LogP contribution in [0.15, 0.2) is 51.1 Å². The Morgan fingerprint density at radius 3 is 2.77 bits per heavy atom. The number of methoxy groups -OCH3 is 1. The smallest absolute Gasteiger partial charge is 0.147 e. The van der Waals surface area contributed by atoms with Crippen LogP contribution in [0.2, 0.25) is 0 Å². The van der Waals surface area contributed by atoms with Crippen molar-refractivity contribution in [1.29, 1.82) is 0 Å². The third-order valence-corrected chi connectivity index (χ3v) is 4.17. The molecule has 1 aromatic carbocycles. The van der Waals surface area contributed by atoms with Crippen LogP contribution < -0.4 is 10.5 Å². The van der Waals surface area contributed by atoms with Gasteiger partial charge in [-0.05, 0) is 18.9 Å². The number of halogens is 1. The van der Waals surface area contributed by atoms with Crippen molar-refractivity contribution in [1.82, 2.24) is 0 Å². The van der Waals surface area contributed by atoms with E-state index >= 15 is 0 Å². The molecule has 0 unspecified atom stereocenters. The maximum absolute atomic E-state index is 11.1. The van der Waals surface area contributed by atoms with Crippen molar-refractivity contribution in [3.63, 3.8) is 0 Å². The van der Waals surface area contributed by atoms with Gasteiger partial charge in [0.2, 0.25) is 0 Å². The number of ether oxygens (including phenoxy) is 1. The number of carbonyl (C=O) groups excluding carboxylic acids is 1. The van der Waals surface area contributed by atoms with Gasteiger partial charge in [-0.2, -0.15) is 0 Å². The number of benzene rings is 1. The van der Waals surface area contributed by atoms with Gasteiger partial charge in [-0.25, -0.2) is 0 Å². The fourth-order valence-corrected chi connectivity index (χ4v) is 2.91. The van der Waals surface area contributed by atoms with Crippen LogP contribution >= 0.6 is 11.6 Å². The maximum atomic E-state index is 11.1. The number of aldehydes is 1. The van der Waals surface area contributed by atoms with E-state index in [2.05, 4.69) is 4.99 Å². The van der Waals surface area contributed by atoms with Gasteiger partial charge in [-0.1, -0.05) is 29.8 Å². The summed E-state index contributed by atoms with van der Waals surface area (Å²) in [5.74, 6) is 0.786. The Bertz CT molecular complexity index is 675. The molecule has 116 valence electrons. The minimum atomic E-state index is 0.411. The molecule has 0 saturated heterocycles. The minimum Gasteiger partial charge on any atom is -0.496 e. The summed E-state index contributed by atoms with van der Waals surface area (Å²) in [6.45, 7) is 0. The van der Waals surface area contributed by atoms with Crippen molar-refractivity contribution in [2.45, 2.75) is 19.3 Å². The molecule has 0 saturated carbocycles. The molecule has 22 heavy (non-hydrogen) atoms. The van der Waals surface area contributed by atoms with Gasteiger partial charge in [0.05, 0.1) is 12.1 Å². The molecule has 0 heterocycles. The highest BCUT2D eigenvalue weighted by atomic mass is 35.5. The molecule has 2 rings (SSSR count). The van der Waals surface area contributed by atoms with Crippen LogP contribution in [0.25, 0.3) is 0 Å². The van der Waals surface area contributed by atoms with E-state index in [-0.39, 0.29) is 0 Å². The second-order valence-electron chi connectivity index (χ2n) is 5.02. The number of hydrogen-bond donors (Lipinski definition) is 1. The van der Waals surface area contributed by atoms with Gasteiger partial charge in [-0.3, -0.25) is 9.79 Å². The number of nitrogens with two attached hydrogens (primary N) is 1. The molecular weight excluding hydrogens is 300 g/mol. The highest BCUT2D eigenvalue weighted by Gasteiger charge is 2.23. The number of nitrogens with zero attached hydrogens (tertiary/aromatic N) is 1. The molecule has 0 aliphatic heterocycles. The maximum Gasteiger partial charge on any atom is 0.147 e. The molecule has 0 radical (unpaired) electrons. The van der Waals surface area contributed by atoms with E-state index in [0.29, 0.717) is 41.1 Å². The number of allylic oxidation sites excluding steroid dienone is 4. The number of rotatable bonds is 5. The third-order valence-electron chi connectivity index (χ3n) is 3.74. The molecule has 5 heteroatoms. The lowest BCUT2D eigenvalue weighted by atomic mass is 9.91. The summed E-state index contributed by atoms with van der Waals surface area (Å²) < 4.78 is 5.37. The first-order valence-corrected chi connectivity index (χ1v) is 7.40. The summed E-state index contributed by atoms with van der Waals surface area (Å²) in [6.07, 6.45) is 2.53. The van der Waals surface area contributed by atoms with Gasteiger partial charge in [0.15, 0.2) is 0 Å². The fourth-order valence-electron chi connectivity index (χ4n) is 2.54. The van der Waals surface area contributed by atoms with Crippen LogP contribution in [0.4, 0.5) is 0 Å². The zero-order valence-corrected chi connectivity index (χ0v) is 13.5. The van der Waals surface area contributed by atoms with E-state index in [9.17, 15) is 4.79 Å². The van der Waals surface area contributed by atoms with Gasteiger partial charge in [-0.15, -0.1) is 0 Å². The lowest BCUT2D eigenvalue weighted by Crippen LogP contribution is -2.19. The average Bonchev–Trinajstić information content (AvgIpc) is 2.54. The molecule has 0 aromatic heterocycles. The third kappa shape index (κ3) is 3.22. The fraction of sp³-hybridized carbons (Fsp3) is 0.294. The van der Waals surface area contributed by atoms with Gasteiger partial charge in [0.25, 0.3) is 0 Å². The Kier molecular flexibility index (Phi) is 5.39. The van der Waals surface area contributed by atoms with Crippen molar-refractivity contribution >= 4 is 23.6 Å². The predicted octanol–water partition coefficient (Wildman–Crippen LogP) is 3.01. The lowest BCUT2D eigenvalue weighted by Gasteiger charge is -2.20. The molecular formula is C17H19ClN2O2. The van der Waals surface area contributed by atoms with E-state index in [4.69, 9.17) is 22.1 Å². The van der Waals surface area contributed by atoms with Crippen molar-refractivity contribution in [2.75, 3.05) is 14.2 Å². The van der Waals surface area contributed by atoms with E-state index in [1.165, 1.54) is 0 Å². The Morgan fingerprint density at radius 2 is 2.14 bits per heavy atom. The zero-order valence-electron chi connectivity index (χ0n) is 12.7. The number of carbonyl (C=O) groups is 1. The van der Waals surface area contributed by atoms with Crippen LogP contribution in [-0.4, -0.2) is 26.2 Å². The van der Waals surface area contributed by atoms with Crippen molar-refractivity contribution in [3.05, 3.63) is 51.7 Å². The zero-order chi connectivity index (χ0) is 16.1. The van der Waals surface area contributed by atoms with E-state index in [1.807, 2.05) is 24.3 Å². The molecule has 0 amide bonds. The van der Waals surface area contributed by atoms with Gasteiger partial charge >= 0.3 is 0 Å². The molecule has 0 spiro atoms. The largest absolute Gasteiger partial charge is 0.496 e. The first kappa shape index (κ1) is 16.3. The van der Waals surface area contributed by atoms with E-state index < -0.39 is 0 Å². The SMILES string of the molecule is CN=C(Cc1ccccc1OC)C1=C(N)CCC(C=O)=C1Cl. The van der Waals surface area contributed by atoms with E-state index in [0.717, 1.165) is 23.3 Å². The van der Waals surface area contributed by atoms with Crippen LogP contribution in [0.5, 0.6) is 5.75 Å². The summed E-state index contributed by atoms with van der Waals surface area (Å²) in [6, 6.07) is 7.73. The number of hydrogen-bond acceptors (Lipinski definition) is 4. The Balaban J connectivity index is 2.41.